The van der Waals surface area contributed by atoms with E-state index in [2.05, 4.69) is 5.32 Å². The lowest BCUT2D eigenvalue weighted by Gasteiger charge is -2.20. The summed E-state index contributed by atoms with van der Waals surface area (Å²) in [6.45, 7) is 5.08. The van der Waals surface area contributed by atoms with Crippen molar-refractivity contribution >= 4 is 17.6 Å². The van der Waals surface area contributed by atoms with Crippen molar-refractivity contribution in [2.24, 2.45) is 0 Å². The van der Waals surface area contributed by atoms with Gasteiger partial charge < -0.3 is 19.9 Å². The average Bonchev–Trinajstić information content (AvgIpc) is 2.61. The Kier molecular flexibility index (Phi) is 5.55. The van der Waals surface area contributed by atoms with Gasteiger partial charge in [-0.25, -0.2) is 0 Å². The molecule has 2 N–H and O–H groups in total. The molecule has 6 nitrogen and oxygen atoms in total. The lowest BCUT2D eigenvalue weighted by atomic mass is 9.85. The Morgan fingerprint density at radius 3 is 2.04 bits per heavy atom. The van der Waals surface area contributed by atoms with Crippen molar-refractivity contribution in [1.29, 1.82) is 0 Å². The van der Waals surface area contributed by atoms with Gasteiger partial charge in [0.2, 0.25) is 0 Å². The highest BCUT2D eigenvalue weighted by atomic mass is 16.5. The molecule has 0 atom stereocenters. The van der Waals surface area contributed by atoms with Crippen molar-refractivity contribution in [2.45, 2.75) is 26.2 Å². The zero-order valence-corrected chi connectivity index (χ0v) is 15.5. The van der Waals surface area contributed by atoms with Crippen LogP contribution in [0.5, 0.6) is 11.5 Å². The van der Waals surface area contributed by atoms with Gasteiger partial charge in [0.1, 0.15) is 0 Å². The van der Waals surface area contributed by atoms with Crippen LogP contribution in [0.1, 0.15) is 35.3 Å². The molecule has 0 heterocycles. The third-order valence-corrected chi connectivity index (χ3v) is 4.37. The summed E-state index contributed by atoms with van der Waals surface area (Å²) in [5, 5.41) is 12.1. The number of carboxylic acids is 1. The molecule has 138 valence electrons. The second kappa shape index (κ2) is 7.47. The van der Waals surface area contributed by atoms with Gasteiger partial charge in [-0.3, -0.25) is 9.59 Å². The number of carbonyl (C=O) groups is 2. The summed E-state index contributed by atoms with van der Waals surface area (Å²) in [7, 11) is 3.05. The van der Waals surface area contributed by atoms with Crippen molar-refractivity contribution in [1.82, 2.24) is 0 Å². The first-order chi connectivity index (χ1) is 12.2. The smallest absolute Gasteiger partial charge is 0.313 e. The van der Waals surface area contributed by atoms with Crippen LogP contribution in [-0.2, 0) is 10.2 Å². The minimum atomic E-state index is -0.998. The number of anilines is 1. The molecule has 1 amide bonds. The quantitative estimate of drug-likeness (QED) is 0.825. The number of carbonyl (C=O) groups excluding carboxylic acids is 1. The molecule has 2 aromatic carbocycles. The van der Waals surface area contributed by atoms with E-state index in [1.165, 1.54) is 14.2 Å². The van der Waals surface area contributed by atoms with Crippen LogP contribution < -0.4 is 14.8 Å². The van der Waals surface area contributed by atoms with Gasteiger partial charge in [0, 0.05) is 11.3 Å². The summed E-state index contributed by atoms with van der Waals surface area (Å²) in [5.41, 5.74) is 1.46. The highest BCUT2D eigenvalue weighted by molar-refractivity contribution is 6.05. The Hall–Kier alpha value is -3.02. The van der Waals surface area contributed by atoms with Crippen LogP contribution in [0.25, 0.3) is 0 Å². The molecule has 6 heteroatoms. The van der Waals surface area contributed by atoms with Gasteiger partial charge >= 0.3 is 5.97 Å². The van der Waals surface area contributed by atoms with Crippen LogP contribution in [0.15, 0.2) is 36.4 Å². The Bertz CT molecular complexity index is 825. The SMILES string of the molecule is COc1cc(C)c(C(=O)Nc2ccc(C(C)(C)C(=O)O)cc2)cc1OC. The summed E-state index contributed by atoms with van der Waals surface area (Å²) in [6.07, 6.45) is 0. The number of aryl methyl sites for hydroxylation is 1. The molecule has 2 aromatic rings. The Morgan fingerprint density at radius 1 is 1.00 bits per heavy atom. The molecule has 0 aliphatic carbocycles. The maximum atomic E-state index is 12.6. The van der Waals surface area contributed by atoms with Crippen LogP contribution in [0.4, 0.5) is 5.69 Å². The topological polar surface area (TPSA) is 84.9 Å². The summed E-state index contributed by atoms with van der Waals surface area (Å²) in [5.74, 6) is -0.160. The van der Waals surface area contributed by atoms with Gasteiger partial charge in [-0.05, 0) is 56.2 Å². The van der Waals surface area contributed by atoms with Crippen molar-refractivity contribution in [2.75, 3.05) is 19.5 Å². The van der Waals surface area contributed by atoms with Gasteiger partial charge in [-0.15, -0.1) is 0 Å². The molecule has 0 aliphatic rings. The van der Waals surface area contributed by atoms with E-state index in [1.54, 1.807) is 50.2 Å². The number of amides is 1. The first-order valence-corrected chi connectivity index (χ1v) is 8.08. The minimum absolute atomic E-state index is 0.284. The number of benzene rings is 2. The summed E-state index contributed by atoms with van der Waals surface area (Å²) in [6, 6.07) is 10.1. The van der Waals surface area contributed by atoms with Crippen molar-refractivity contribution < 1.29 is 24.2 Å². The van der Waals surface area contributed by atoms with Crippen molar-refractivity contribution in [3.63, 3.8) is 0 Å². The molecular weight excluding hydrogens is 334 g/mol. The van der Waals surface area contributed by atoms with E-state index in [0.717, 1.165) is 5.56 Å². The number of nitrogens with one attached hydrogen (secondary N) is 1. The molecule has 0 radical (unpaired) electrons. The Balaban J connectivity index is 2.24. The van der Waals surface area contributed by atoms with E-state index in [0.29, 0.717) is 28.3 Å². The van der Waals surface area contributed by atoms with Gasteiger partial charge in [-0.2, -0.15) is 0 Å². The number of carboxylic acid groups (broad SMARTS) is 1. The van der Waals surface area contributed by atoms with Gasteiger partial charge in [0.25, 0.3) is 5.91 Å². The number of methoxy groups -OCH3 is 2. The fraction of sp³-hybridized carbons (Fsp3) is 0.300. The minimum Gasteiger partial charge on any atom is -0.493 e. The molecule has 0 aromatic heterocycles. The number of ether oxygens (including phenoxy) is 2. The maximum Gasteiger partial charge on any atom is 0.313 e. The first-order valence-electron chi connectivity index (χ1n) is 8.08. The van der Waals surface area contributed by atoms with E-state index in [4.69, 9.17) is 9.47 Å². The molecule has 0 fully saturated rings. The van der Waals surface area contributed by atoms with E-state index in [1.807, 2.05) is 6.92 Å². The molecule has 0 aliphatic heterocycles. The normalized spacial score (nSPS) is 11.0. The molecule has 0 saturated carbocycles. The van der Waals surface area contributed by atoms with Gasteiger partial charge in [0.15, 0.2) is 11.5 Å². The molecular formula is C20H23NO5. The Morgan fingerprint density at radius 2 is 1.54 bits per heavy atom. The van der Waals surface area contributed by atoms with Crippen LogP contribution in [0, 0.1) is 6.92 Å². The molecule has 0 unspecified atom stereocenters. The molecule has 0 saturated heterocycles. The molecule has 0 spiro atoms. The average molecular weight is 357 g/mol. The second-order valence-corrected chi connectivity index (χ2v) is 6.48. The molecule has 26 heavy (non-hydrogen) atoms. The van der Waals surface area contributed by atoms with Crippen LogP contribution in [0.3, 0.4) is 0 Å². The first kappa shape index (κ1) is 19.3. The largest absolute Gasteiger partial charge is 0.493 e. The monoisotopic (exact) mass is 357 g/mol. The highest BCUT2D eigenvalue weighted by Gasteiger charge is 2.29. The van der Waals surface area contributed by atoms with E-state index < -0.39 is 11.4 Å². The third-order valence-electron chi connectivity index (χ3n) is 4.37. The summed E-state index contributed by atoms with van der Waals surface area (Å²) in [4.78, 5) is 23.9. The number of rotatable bonds is 6. The van der Waals surface area contributed by atoms with E-state index >= 15 is 0 Å². The van der Waals surface area contributed by atoms with Crippen LogP contribution in [0.2, 0.25) is 0 Å². The maximum absolute atomic E-state index is 12.6. The van der Waals surface area contributed by atoms with Crippen molar-refractivity contribution in [3.05, 3.63) is 53.1 Å². The summed E-state index contributed by atoms with van der Waals surface area (Å²) >= 11 is 0. The highest BCUT2D eigenvalue weighted by Crippen LogP contribution is 2.31. The predicted molar refractivity (Wildman–Crippen MR) is 99.3 cm³/mol. The zero-order valence-electron chi connectivity index (χ0n) is 15.5. The molecule has 2 rings (SSSR count). The van der Waals surface area contributed by atoms with Crippen molar-refractivity contribution in [3.8, 4) is 11.5 Å². The summed E-state index contributed by atoms with van der Waals surface area (Å²) < 4.78 is 10.5. The van der Waals surface area contributed by atoms with Gasteiger partial charge in [-0.1, -0.05) is 12.1 Å². The number of hydrogen-bond donors (Lipinski definition) is 2. The second-order valence-electron chi connectivity index (χ2n) is 6.48. The standard InChI is InChI=1S/C20H23NO5/c1-12-10-16(25-4)17(26-5)11-15(12)18(22)21-14-8-6-13(7-9-14)20(2,3)19(23)24/h6-11H,1-5H3,(H,21,22)(H,23,24). The molecule has 0 bridgehead atoms. The predicted octanol–water partition coefficient (Wildman–Crippen LogP) is 3.63. The number of aliphatic carboxylic acids is 1. The lowest BCUT2D eigenvalue weighted by molar-refractivity contribution is -0.142. The van der Waals surface area contributed by atoms with Gasteiger partial charge in [0.05, 0.1) is 19.6 Å². The van der Waals surface area contributed by atoms with Crippen LogP contribution >= 0.6 is 0 Å². The zero-order chi connectivity index (χ0) is 19.5. The Labute approximate surface area is 152 Å². The fourth-order valence-electron chi connectivity index (χ4n) is 2.52. The fourth-order valence-corrected chi connectivity index (χ4v) is 2.52. The third kappa shape index (κ3) is 3.79. The van der Waals surface area contributed by atoms with E-state index in [9.17, 15) is 14.7 Å². The number of hydrogen-bond acceptors (Lipinski definition) is 4. The lowest BCUT2D eigenvalue weighted by Crippen LogP contribution is -2.28. The van der Waals surface area contributed by atoms with Crippen LogP contribution in [-0.4, -0.2) is 31.2 Å². The van der Waals surface area contributed by atoms with E-state index in [-0.39, 0.29) is 5.91 Å².